The molecule has 0 saturated heterocycles. The highest BCUT2D eigenvalue weighted by molar-refractivity contribution is 7.86. The third kappa shape index (κ3) is 2.96. The van der Waals surface area contributed by atoms with E-state index >= 15 is 0 Å². The maximum Gasteiger partial charge on any atom is 0.309 e. The first-order valence-electron chi connectivity index (χ1n) is 8.55. The summed E-state index contributed by atoms with van der Waals surface area (Å²) in [5.41, 5.74) is 0.00529. The Labute approximate surface area is 151 Å². The summed E-state index contributed by atoms with van der Waals surface area (Å²) in [5.74, 6) is -0.871. The van der Waals surface area contributed by atoms with Crippen LogP contribution in [0, 0.1) is 12.3 Å². The molecule has 5 nitrogen and oxygen atoms in total. The normalized spacial score (nSPS) is 29.9. The molecule has 0 radical (unpaired) electrons. The second kappa shape index (κ2) is 6.21. The van der Waals surface area contributed by atoms with Crippen molar-refractivity contribution in [2.45, 2.75) is 69.3 Å². The third-order valence-electron chi connectivity index (χ3n) is 6.05. The summed E-state index contributed by atoms with van der Waals surface area (Å²) in [7, 11) is -5.99. The first-order chi connectivity index (χ1) is 11.3. The molecular weight excluding hydrogens is 356 g/mol. The smallest absolute Gasteiger partial charge is 0.309 e. The second-order valence-electron chi connectivity index (χ2n) is 8.27. The lowest BCUT2D eigenvalue weighted by Gasteiger charge is -2.65. The van der Waals surface area contributed by atoms with Crippen LogP contribution in [0.1, 0.15) is 32.3 Å². The highest BCUT2D eigenvalue weighted by Gasteiger charge is 2.72. The van der Waals surface area contributed by atoms with Gasteiger partial charge in [-0.25, -0.2) is 0 Å². The van der Waals surface area contributed by atoms with Crippen LogP contribution in [0.15, 0.2) is 29.2 Å². The van der Waals surface area contributed by atoms with Crippen molar-refractivity contribution in [3.63, 3.8) is 0 Å². The second-order valence-corrected chi connectivity index (χ2v) is 15.2. The molecule has 25 heavy (non-hydrogen) atoms. The largest absolute Gasteiger partial charge is 0.481 e. The fourth-order valence-corrected chi connectivity index (χ4v) is 9.97. The number of carboxylic acids is 1. The number of benzene rings is 1. The number of carbonyl (C=O) groups is 1. The van der Waals surface area contributed by atoms with Crippen molar-refractivity contribution in [3.8, 4) is 0 Å². The summed E-state index contributed by atoms with van der Waals surface area (Å²) >= 11 is 0. The van der Waals surface area contributed by atoms with Crippen LogP contribution in [0.4, 0.5) is 0 Å². The Balaban J connectivity index is 2.42. The number of aryl methyl sites for hydroxylation is 1. The van der Waals surface area contributed by atoms with Crippen LogP contribution >= 0.6 is 0 Å². The van der Waals surface area contributed by atoms with Crippen LogP contribution in [-0.4, -0.2) is 33.7 Å². The van der Waals surface area contributed by atoms with E-state index < -0.39 is 40.7 Å². The number of rotatable bonds is 6. The number of carboxylic acid groups (broad SMARTS) is 1. The van der Waals surface area contributed by atoms with Crippen LogP contribution in [0.5, 0.6) is 0 Å². The molecule has 1 fully saturated rings. The van der Waals surface area contributed by atoms with Gasteiger partial charge in [0.15, 0.2) is 0 Å². The van der Waals surface area contributed by atoms with Crippen molar-refractivity contribution in [2.75, 3.05) is 0 Å². The first-order valence-corrected chi connectivity index (χ1v) is 13.5. The van der Waals surface area contributed by atoms with Crippen LogP contribution in [0.2, 0.25) is 24.7 Å². The fraction of sp³-hybridized carbons (Fsp3) is 0.611. The molecule has 3 atom stereocenters. The minimum absolute atomic E-state index is 0.114. The van der Waals surface area contributed by atoms with Crippen molar-refractivity contribution in [1.29, 1.82) is 0 Å². The molecule has 7 heteroatoms. The van der Waals surface area contributed by atoms with Gasteiger partial charge in [0.05, 0.1) is 24.5 Å². The molecule has 2 rings (SSSR count). The van der Waals surface area contributed by atoms with Gasteiger partial charge >= 0.3 is 5.97 Å². The molecule has 0 bridgehead atoms. The summed E-state index contributed by atoms with van der Waals surface area (Å²) in [6.45, 7) is 11.8. The van der Waals surface area contributed by atoms with Gasteiger partial charge in [-0.15, -0.1) is 0 Å². The summed E-state index contributed by atoms with van der Waals surface area (Å²) in [4.78, 5) is 12.1. The predicted octanol–water partition coefficient (Wildman–Crippen LogP) is 4.05. The van der Waals surface area contributed by atoms with E-state index in [0.717, 1.165) is 5.56 Å². The average Bonchev–Trinajstić information content (AvgIpc) is 2.45. The molecule has 1 aromatic carbocycles. The van der Waals surface area contributed by atoms with Gasteiger partial charge in [-0.05, 0) is 38.8 Å². The van der Waals surface area contributed by atoms with Crippen molar-refractivity contribution in [2.24, 2.45) is 5.41 Å². The van der Waals surface area contributed by atoms with Crippen LogP contribution in [0.25, 0.3) is 0 Å². The molecule has 0 heterocycles. The van der Waals surface area contributed by atoms with E-state index in [2.05, 4.69) is 19.6 Å². The lowest BCUT2D eigenvalue weighted by atomic mass is 9.57. The zero-order chi connectivity index (χ0) is 19.3. The van der Waals surface area contributed by atoms with E-state index in [1.54, 1.807) is 19.1 Å². The predicted molar refractivity (Wildman–Crippen MR) is 99.9 cm³/mol. The zero-order valence-electron chi connectivity index (χ0n) is 15.8. The van der Waals surface area contributed by atoms with Crippen LogP contribution in [0.3, 0.4) is 0 Å². The monoisotopic (exact) mass is 384 g/mol. The van der Waals surface area contributed by atoms with Gasteiger partial charge in [0, 0.05) is 5.04 Å². The van der Waals surface area contributed by atoms with Gasteiger partial charge in [-0.3, -0.25) is 8.98 Å². The Morgan fingerprint density at radius 1 is 1.28 bits per heavy atom. The lowest BCUT2D eigenvalue weighted by molar-refractivity contribution is -0.169. The van der Waals surface area contributed by atoms with E-state index in [0.29, 0.717) is 6.42 Å². The topological polar surface area (TPSA) is 80.7 Å². The molecule has 1 saturated carbocycles. The highest BCUT2D eigenvalue weighted by atomic mass is 32.2. The quantitative estimate of drug-likeness (QED) is 0.591. The number of hydrogen-bond donors (Lipinski definition) is 1. The minimum atomic E-state index is -3.93. The molecule has 140 valence electrons. The molecule has 0 amide bonds. The van der Waals surface area contributed by atoms with E-state index in [4.69, 9.17) is 4.18 Å². The average molecular weight is 385 g/mol. The minimum Gasteiger partial charge on any atom is -0.481 e. The van der Waals surface area contributed by atoms with Gasteiger partial charge in [0.2, 0.25) is 0 Å². The van der Waals surface area contributed by atoms with Crippen LogP contribution < -0.4 is 0 Å². The molecule has 1 aliphatic rings. The fourth-order valence-electron chi connectivity index (χ4n) is 4.72. The van der Waals surface area contributed by atoms with E-state index in [1.165, 1.54) is 12.1 Å². The molecular formula is C18H28O5SSi. The Morgan fingerprint density at radius 3 is 2.20 bits per heavy atom. The van der Waals surface area contributed by atoms with E-state index in [9.17, 15) is 18.3 Å². The van der Waals surface area contributed by atoms with E-state index in [1.807, 2.05) is 13.8 Å². The van der Waals surface area contributed by atoms with E-state index in [-0.39, 0.29) is 11.3 Å². The van der Waals surface area contributed by atoms with Gasteiger partial charge in [-0.1, -0.05) is 44.3 Å². The Hall–Kier alpha value is -1.18. The maximum absolute atomic E-state index is 12.7. The number of aliphatic carboxylic acids is 1. The Kier molecular flexibility index (Phi) is 5.00. The first kappa shape index (κ1) is 20.1. The molecule has 0 aliphatic heterocycles. The third-order valence-corrected chi connectivity index (χ3v) is 11.3. The maximum atomic E-state index is 12.7. The molecule has 1 aliphatic carbocycles. The van der Waals surface area contributed by atoms with Crippen molar-refractivity contribution in [1.82, 2.24) is 0 Å². The summed E-state index contributed by atoms with van der Waals surface area (Å²) in [5, 5.41) is 9.17. The molecule has 0 spiro atoms. The molecule has 1 N–H and O–H groups in total. The van der Waals surface area contributed by atoms with Crippen molar-refractivity contribution in [3.05, 3.63) is 29.8 Å². The molecule has 1 aromatic rings. The number of hydrogen-bond acceptors (Lipinski definition) is 4. The van der Waals surface area contributed by atoms with Gasteiger partial charge < -0.3 is 5.11 Å². The van der Waals surface area contributed by atoms with Crippen molar-refractivity contribution >= 4 is 24.2 Å². The standard InChI is InChI=1S/C18H28O5SSi/c1-7-18(25(4,5)6)15(12-17(18,3)16(19)20)23-24(21,22)14-10-8-13(2)9-11-14/h8-11,15H,7,12H2,1-6H3,(H,19,20). The summed E-state index contributed by atoms with van der Waals surface area (Å²) < 4.78 is 31.0. The van der Waals surface area contributed by atoms with Crippen molar-refractivity contribution < 1.29 is 22.5 Å². The SMILES string of the molecule is CCC1([Si](C)(C)C)C(OS(=O)(=O)c2ccc(C)cc2)CC1(C)C(=O)O. The van der Waals surface area contributed by atoms with Gasteiger partial charge in [0.25, 0.3) is 10.1 Å². The molecule has 0 aromatic heterocycles. The Bertz CT molecular complexity index is 766. The summed E-state index contributed by atoms with van der Waals surface area (Å²) in [6, 6.07) is 6.51. The lowest BCUT2D eigenvalue weighted by Crippen LogP contribution is -2.68. The van der Waals surface area contributed by atoms with Crippen LogP contribution in [-0.2, 0) is 19.1 Å². The zero-order valence-corrected chi connectivity index (χ0v) is 17.6. The highest BCUT2D eigenvalue weighted by Crippen LogP contribution is 2.70. The van der Waals surface area contributed by atoms with Gasteiger partial charge in [-0.2, -0.15) is 8.42 Å². The van der Waals surface area contributed by atoms with Gasteiger partial charge in [0.1, 0.15) is 0 Å². The Morgan fingerprint density at radius 2 is 1.80 bits per heavy atom. The summed E-state index contributed by atoms with van der Waals surface area (Å²) in [6.07, 6.45) is 0.196. The molecule has 3 unspecified atom stereocenters.